The summed E-state index contributed by atoms with van der Waals surface area (Å²) in [4.78, 5) is 32.9. The van der Waals surface area contributed by atoms with Crippen molar-refractivity contribution >= 4 is 17.5 Å². The number of benzene rings is 2. The number of alkyl halides is 3. The van der Waals surface area contributed by atoms with Gasteiger partial charge in [-0.2, -0.15) is 13.2 Å². The molecule has 5 nitrogen and oxygen atoms in total. The normalized spacial score (nSPS) is 12.3. The van der Waals surface area contributed by atoms with E-state index in [4.69, 9.17) is 0 Å². The molecule has 0 aliphatic heterocycles. The molecule has 29 heavy (non-hydrogen) atoms. The average Bonchev–Trinajstić information content (AvgIpc) is 2.73. The van der Waals surface area contributed by atoms with Crippen LogP contribution < -0.4 is 5.32 Å². The lowest BCUT2D eigenvalue weighted by atomic mass is 10.0. The number of rotatable bonds is 6. The van der Waals surface area contributed by atoms with E-state index in [0.717, 1.165) is 23.8 Å². The molecule has 0 bridgehead atoms. The Balaban J connectivity index is 1.80. The summed E-state index contributed by atoms with van der Waals surface area (Å²) in [7, 11) is 0. The number of hydrogen-bond donors (Lipinski definition) is 1. The third kappa shape index (κ3) is 4.84. The highest BCUT2D eigenvalue weighted by atomic mass is 19.4. The summed E-state index contributed by atoms with van der Waals surface area (Å²) in [5, 5.41) is 3.03. The number of nitrogens with one attached hydrogen (secondary N) is 1. The first-order chi connectivity index (χ1) is 13.8. The van der Waals surface area contributed by atoms with Crippen LogP contribution in [0, 0.1) is 0 Å². The van der Waals surface area contributed by atoms with Crippen molar-refractivity contribution in [2.45, 2.75) is 19.1 Å². The highest BCUT2D eigenvalue weighted by molar-refractivity contribution is 6.48. The maximum atomic E-state index is 12.8. The van der Waals surface area contributed by atoms with E-state index in [1.54, 1.807) is 0 Å². The number of carbonyl (C=O) groups is 2. The van der Waals surface area contributed by atoms with Gasteiger partial charge in [-0.15, -0.1) is 0 Å². The Morgan fingerprint density at radius 2 is 1.69 bits per heavy atom. The van der Waals surface area contributed by atoms with Crippen molar-refractivity contribution in [1.29, 1.82) is 0 Å². The van der Waals surface area contributed by atoms with Gasteiger partial charge in [0.25, 0.3) is 5.78 Å². The van der Waals surface area contributed by atoms with Crippen LogP contribution in [0.1, 0.15) is 44.9 Å². The fourth-order valence-electron chi connectivity index (χ4n) is 2.66. The van der Waals surface area contributed by atoms with Crippen LogP contribution in [0.3, 0.4) is 0 Å². The summed E-state index contributed by atoms with van der Waals surface area (Å²) in [5.41, 5.74) is -0.591. The Kier molecular flexibility index (Phi) is 5.72. The van der Waals surface area contributed by atoms with Crippen LogP contribution >= 0.6 is 0 Å². The van der Waals surface area contributed by atoms with Crippen molar-refractivity contribution < 1.29 is 22.8 Å². The summed E-state index contributed by atoms with van der Waals surface area (Å²) in [6.07, 6.45) is -3.31. The number of ketones is 2. The minimum atomic E-state index is -4.61. The van der Waals surface area contributed by atoms with Gasteiger partial charge in [-0.25, -0.2) is 9.97 Å². The Labute approximate surface area is 164 Å². The van der Waals surface area contributed by atoms with Crippen LogP contribution in [0.5, 0.6) is 0 Å². The molecule has 1 unspecified atom stereocenters. The van der Waals surface area contributed by atoms with E-state index < -0.39 is 23.3 Å². The van der Waals surface area contributed by atoms with Gasteiger partial charge in [-0.3, -0.25) is 9.59 Å². The molecule has 148 valence electrons. The zero-order valence-electron chi connectivity index (χ0n) is 15.3. The standard InChI is InChI=1S/C21H16F3N3O2/c1-13(14-6-3-2-4-7-14)26-20-25-11-10-17(27-20)19(29)18(28)15-8-5-9-16(12-15)21(22,23)24/h2-13H,1H3,(H,25,26,27). The van der Waals surface area contributed by atoms with Crippen LogP contribution in [-0.2, 0) is 6.18 Å². The number of aromatic nitrogens is 2. The first-order valence-electron chi connectivity index (χ1n) is 8.66. The molecule has 0 radical (unpaired) electrons. The lowest BCUT2D eigenvalue weighted by Crippen LogP contribution is -2.18. The van der Waals surface area contributed by atoms with Crippen LogP contribution in [0.2, 0.25) is 0 Å². The second-order valence-corrected chi connectivity index (χ2v) is 6.28. The van der Waals surface area contributed by atoms with Crippen molar-refractivity contribution in [1.82, 2.24) is 9.97 Å². The Morgan fingerprint density at radius 3 is 2.38 bits per heavy atom. The molecule has 0 amide bonds. The summed E-state index contributed by atoms with van der Waals surface area (Å²) < 4.78 is 38.5. The quantitative estimate of drug-likeness (QED) is 0.479. The SMILES string of the molecule is CC(Nc1nccc(C(=O)C(=O)c2cccc(C(F)(F)F)c2)n1)c1ccccc1. The fourth-order valence-corrected chi connectivity index (χ4v) is 2.66. The van der Waals surface area contributed by atoms with E-state index in [1.165, 1.54) is 12.3 Å². The molecule has 1 atom stereocenters. The topological polar surface area (TPSA) is 72.0 Å². The minimum absolute atomic E-state index is 0.129. The Hall–Kier alpha value is -3.55. The maximum Gasteiger partial charge on any atom is 0.416 e. The molecule has 8 heteroatoms. The van der Waals surface area contributed by atoms with Gasteiger partial charge in [0.15, 0.2) is 0 Å². The molecular weight excluding hydrogens is 383 g/mol. The molecule has 0 fully saturated rings. The van der Waals surface area contributed by atoms with E-state index in [9.17, 15) is 22.8 Å². The van der Waals surface area contributed by atoms with Crippen molar-refractivity contribution in [2.24, 2.45) is 0 Å². The van der Waals surface area contributed by atoms with Gasteiger partial charge in [0.05, 0.1) is 11.6 Å². The van der Waals surface area contributed by atoms with E-state index in [1.807, 2.05) is 37.3 Å². The van der Waals surface area contributed by atoms with Gasteiger partial charge in [0, 0.05) is 11.8 Å². The summed E-state index contributed by atoms with van der Waals surface area (Å²) >= 11 is 0. The zero-order valence-corrected chi connectivity index (χ0v) is 15.3. The summed E-state index contributed by atoms with van der Waals surface area (Å²) in [6, 6.07) is 14.2. The molecule has 0 aliphatic carbocycles. The highest BCUT2D eigenvalue weighted by Crippen LogP contribution is 2.29. The van der Waals surface area contributed by atoms with Crippen molar-refractivity contribution in [3.8, 4) is 0 Å². The largest absolute Gasteiger partial charge is 0.416 e. The Bertz CT molecular complexity index is 1040. The first kappa shape index (κ1) is 20.2. The van der Waals surface area contributed by atoms with Crippen molar-refractivity contribution in [3.05, 3.63) is 89.2 Å². The van der Waals surface area contributed by atoms with Gasteiger partial charge in [0.1, 0.15) is 5.69 Å². The summed E-state index contributed by atoms with van der Waals surface area (Å²) in [6.45, 7) is 1.88. The molecule has 2 aromatic carbocycles. The summed E-state index contributed by atoms with van der Waals surface area (Å²) in [5.74, 6) is -1.96. The van der Waals surface area contributed by atoms with Crippen molar-refractivity contribution in [2.75, 3.05) is 5.32 Å². The smallest absolute Gasteiger partial charge is 0.348 e. The van der Waals surface area contributed by atoms with Crippen LogP contribution in [0.25, 0.3) is 0 Å². The predicted molar refractivity (Wildman–Crippen MR) is 101 cm³/mol. The van der Waals surface area contributed by atoms with E-state index in [0.29, 0.717) is 6.07 Å². The lowest BCUT2D eigenvalue weighted by molar-refractivity contribution is -0.137. The van der Waals surface area contributed by atoms with E-state index >= 15 is 0 Å². The number of carbonyl (C=O) groups excluding carboxylic acids is 2. The van der Waals surface area contributed by atoms with Crippen LogP contribution in [0.4, 0.5) is 19.1 Å². The fraction of sp³-hybridized carbons (Fsp3) is 0.143. The molecule has 1 aromatic heterocycles. The highest BCUT2D eigenvalue weighted by Gasteiger charge is 2.31. The molecular formula is C21H16F3N3O2. The van der Waals surface area contributed by atoms with Gasteiger partial charge >= 0.3 is 6.18 Å². The third-order valence-electron chi connectivity index (χ3n) is 4.19. The monoisotopic (exact) mass is 399 g/mol. The van der Waals surface area contributed by atoms with Gasteiger partial charge in [-0.1, -0.05) is 42.5 Å². The second kappa shape index (κ2) is 8.22. The third-order valence-corrected chi connectivity index (χ3v) is 4.19. The maximum absolute atomic E-state index is 12.8. The minimum Gasteiger partial charge on any atom is -0.348 e. The van der Waals surface area contributed by atoms with Crippen LogP contribution in [-0.4, -0.2) is 21.5 Å². The van der Waals surface area contributed by atoms with Crippen LogP contribution in [0.15, 0.2) is 66.9 Å². The molecule has 3 rings (SSSR count). The molecule has 1 N–H and O–H groups in total. The number of hydrogen-bond acceptors (Lipinski definition) is 5. The zero-order chi connectivity index (χ0) is 21.0. The molecule has 0 saturated carbocycles. The van der Waals surface area contributed by atoms with Gasteiger partial charge in [-0.05, 0) is 30.7 Å². The first-order valence-corrected chi connectivity index (χ1v) is 8.66. The number of Topliss-reactive ketones (excluding diaryl/α,β-unsaturated/α-hetero) is 2. The Morgan fingerprint density at radius 1 is 0.966 bits per heavy atom. The second-order valence-electron chi connectivity index (χ2n) is 6.28. The number of halogens is 3. The van der Waals surface area contributed by atoms with Gasteiger partial charge in [0.2, 0.25) is 11.7 Å². The molecule has 0 aliphatic rings. The van der Waals surface area contributed by atoms with Gasteiger partial charge < -0.3 is 5.32 Å². The average molecular weight is 399 g/mol. The molecule has 3 aromatic rings. The van der Waals surface area contributed by atoms with Crippen molar-refractivity contribution in [3.63, 3.8) is 0 Å². The van der Waals surface area contributed by atoms with E-state index in [2.05, 4.69) is 15.3 Å². The predicted octanol–water partition coefficient (Wildman–Crippen LogP) is 4.73. The van der Waals surface area contributed by atoms with E-state index in [-0.39, 0.29) is 23.2 Å². The molecule has 0 spiro atoms. The number of nitrogens with zero attached hydrogens (tertiary/aromatic N) is 2. The number of anilines is 1. The molecule has 0 saturated heterocycles. The molecule has 1 heterocycles. The lowest BCUT2D eigenvalue weighted by Gasteiger charge is -2.14.